The molecule has 0 bridgehead atoms. The summed E-state index contributed by atoms with van der Waals surface area (Å²) in [6, 6.07) is 0.413. The Hall–Kier alpha value is -1.10. The summed E-state index contributed by atoms with van der Waals surface area (Å²) < 4.78 is 3.03. The largest absolute Gasteiger partial charge is 0.345 e. The van der Waals surface area contributed by atoms with Gasteiger partial charge in [0.15, 0.2) is 0 Å². The van der Waals surface area contributed by atoms with Crippen molar-refractivity contribution in [1.29, 1.82) is 0 Å². The molecule has 5 heteroatoms. The molecule has 78 valence electrons. The molecule has 0 amide bonds. The third kappa shape index (κ3) is 1.87. The lowest BCUT2D eigenvalue weighted by molar-refractivity contribution is 0.346. The predicted octanol–water partition coefficient (Wildman–Crippen LogP) is -0.276. The molecule has 0 aliphatic carbocycles. The van der Waals surface area contributed by atoms with Gasteiger partial charge in [-0.1, -0.05) is 6.42 Å². The van der Waals surface area contributed by atoms with Gasteiger partial charge in [-0.05, 0) is 19.4 Å². The van der Waals surface area contributed by atoms with Gasteiger partial charge in [-0.15, -0.1) is 0 Å². The topological polar surface area (TPSA) is 51.9 Å². The molecule has 0 aromatic carbocycles. The zero-order valence-electron chi connectivity index (χ0n) is 8.44. The maximum atomic E-state index is 11.5. The van der Waals surface area contributed by atoms with Crippen LogP contribution in [0.4, 0.5) is 0 Å². The standard InChI is InChI=1S/C9H16N4O/c1-12-7-11-13(9(12)14)6-8-4-2-3-5-10-8/h7-8,10H,2-6H2,1H3. The van der Waals surface area contributed by atoms with Crippen LogP contribution >= 0.6 is 0 Å². The van der Waals surface area contributed by atoms with E-state index in [4.69, 9.17) is 0 Å². The van der Waals surface area contributed by atoms with Crippen LogP contribution < -0.4 is 11.0 Å². The molecule has 1 fully saturated rings. The second-order valence-corrected chi connectivity index (χ2v) is 3.85. The van der Waals surface area contributed by atoms with Crippen molar-refractivity contribution in [2.24, 2.45) is 7.05 Å². The Kier molecular flexibility index (Phi) is 2.67. The van der Waals surface area contributed by atoms with E-state index in [-0.39, 0.29) is 5.69 Å². The van der Waals surface area contributed by atoms with Crippen LogP contribution in [0, 0.1) is 0 Å². The second-order valence-electron chi connectivity index (χ2n) is 3.85. The molecule has 0 saturated carbocycles. The predicted molar refractivity (Wildman–Crippen MR) is 53.1 cm³/mol. The lowest BCUT2D eigenvalue weighted by Crippen LogP contribution is -2.40. The first-order valence-electron chi connectivity index (χ1n) is 5.09. The highest BCUT2D eigenvalue weighted by molar-refractivity contribution is 4.74. The summed E-state index contributed by atoms with van der Waals surface area (Å²) in [5.41, 5.74) is -0.0302. The number of aryl methyl sites for hydroxylation is 1. The van der Waals surface area contributed by atoms with Crippen LogP contribution in [0.1, 0.15) is 19.3 Å². The molecule has 2 rings (SSSR count). The summed E-state index contributed by atoms with van der Waals surface area (Å²) in [6.07, 6.45) is 5.20. The number of aromatic nitrogens is 3. The lowest BCUT2D eigenvalue weighted by Gasteiger charge is -2.22. The van der Waals surface area contributed by atoms with Gasteiger partial charge in [0.2, 0.25) is 0 Å². The number of nitrogens with zero attached hydrogens (tertiary/aromatic N) is 3. The second kappa shape index (κ2) is 3.96. The molecule has 5 nitrogen and oxygen atoms in total. The molecular formula is C9H16N4O. The Morgan fingerprint density at radius 1 is 1.64 bits per heavy atom. The van der Waals surface area contributed by atoms with Crippen molar-refractivity contribution in [3.05, 3.63) is 16.8 Å². The van der Waals surface area contributed by atoms with Gasteiger partial charge >= 0.3 is 5.69 Å². The minimum Gasteiger partial charge on any atom is -0.312 e. The van der Waals surface area contributed by atoms with E-state index in [9.17, 15) is 4.79 Å². The minimum atomic E-state index is -0.0302. The summed E-state index contributed by atoms with van der Waals surface area (Å²) in [5, 5.41) is 7.43. The quantitative estimate of drug-likeness (QED) is 0.708. The summed E-state index contributed by atoms with van der Waals surface area (Å²) in [6.45, 7) is 1.76. The fourth-order valence-electron chi connectivity index (χ4n) is 1.83. The van der Waals surface area contributed by atoms with Crippen molar-refractivity contribution in [3.8, 4) is 0 Å². The summed E-state index contributed by atoms with van der Waals surface area (Å²) in [4.78, 5) is 11.5. The Morgan fingerprint density at radius 2 is 2.50 bits per heavy atom. The van der Waals surface area contributed by atoms with Crippen LogP contribution in [0.15, 0.2) is 11.1 Å². The molecule has 1 aromatic rings. The van der Waals surface area contributed by atoms with Crippen LogP contribution in [0.3, 0.4) is 0 Å². The Balaban J connectivity index is 2.02. The van der Waals surface area contributed by atoms with E-state index >= 15 is 0 Å². The van der Waals surface area contributed by atoms with Gasteiger partial charge in [0.1, 0.15) is 6.33 Å². The lowest BCUT2D eigenvalue weighted by atomic mass is 10.1. The average Bonchev–Trinajstić information content (AvgIpc) is 2.52. The molecule has 1 aromatic heterocycles. The van der Waals surface area contributed by atoms with Crippen molar-refractivity contribution in [2.75, 3.05) is 6.54 Å². The molecule has 1 saturated heterocycles. The van der Waals surface area contributed by atoms with Crippen molar-refractivity contribution >= 4 is 0 Å². The molecule has 1 aliphatic heterocycles. The van der Waals surface area contributed by atoms with Gasteiger partial charge < -0.3 is 5.32 Å². The zero-order valence-corrected chi connectivity index (χ0v) is 8.44. The van der Waals surface area contributed by atoms with E-state index < -0.39 is 0 Å². The molecule has 0 spiro atoms. The van der Waals surface area contributed by atoms with Gasteiger partial charge in [0.25, 0.3) is 0 Å². The first-order chi connectivity index (χ1) is 6.77. The molecule has 1 aliphatic rings. The maximum absolute atomic E-state index is 11.5. The van der Waals surface area contributed by atoms with Gasteiger partial charge in [0.05, 0.1) is 6.54 Å². The van der Waals surface area contributed by atoms with Crippen LogP contribution in [0.5, 0.6) is 0 Å². The number of hydrogen-bond acceptors (Lipinski definition) is 3. The average molecular weight is 196 g/mol. The van der Waals surface area contributed by atoms with Crippen molar-refractivity contribution in [2.45, 2.75) is 31.8 Å². The molecule has 14 heavy (non-hydrogen) atoms. The highest BCUT2D eigenvalue weighted by atomic mass is 16.2. The van der Waals surface area contributed by atoms with Crippen LogP contribution in [0.2, 0.25) is 0 Å². The summed E-state index contributed by atoms with van der Waals surface area (Å²) in [5.74, 6) is 0. The fourth-order valence-corrected chi connectivity index (χ4v) is 1.83. The molecule has 1 unspecified atom stereocenters. The number of nitrogens with one attached hydrogen (secondary N) is 1. The normalized spacial score (nSPS) is 22.5. The Bertz CT molecular complexity index is 348. The molecule has 2 heterocycles. The molecule has 1 atom stereocenters. The van der Waals surface area contributed by atoms with Crippen molar-refractivity contribution in [3.63, 3.8) is 0 Å². The molecule has 0 radical (unpaired) electrons. The van der Waals surface area contributed by atoms with E-state index in [1.807, 2.05) is 0 Å². The minimum absolute atomic E-state index is 0.0302. The Morgan fingerprint density at radius 3 is 3.07 bits per heavy atom. The highest BCUT2D eigenvalue weighted by Gasteiger charge is 2.14. The molecular weight excluding hydrogens is 180 g/mol. The summed E-state index contributed by atoms with van der Waals surface area (Å²) >= 11 is 0. The van der Waals surface area contributed by atoms with Crippen LogP contribution in [-0.4, -0.2) is 26.9 Å². The zero-order chi connectivity index (χ0) is 9.97. The van der Waals surface area contributed by atoms with Crippen LogP contribution in [-0.2, 0) is 13.6 Å². The molecule has 1 N–H and O–H groups in total. The van der Waals surface area contributed by atoms with Crippen molar-refractivity contribution in [1.82, 2.24) is 19.7 Å². The van der Waals surface area contributed by atoms with E-state index in [2.05, 4.69) is 10.4 Å². The smallest absolute Gasteiger partial charge is 0.312 e. The van der Waals surface area contributed by atoms with E-state index in [1.165, 1.54) is 22.1 Å². The third-order valence-corrected chi connectivity index (χ3v) is 2.69. The maximum Gasteiger partial charge on any atom is 0.345 e. The van der Waals surface area contributed by atoms with E-state index in [0.717, 1.165) is 13.0 Å². The fraction of sp³-hybridized carbons (Fsp3) is 0.778. The number of hydrogen-bond donors (Lipinski definition) is 1. The highest BCUT2D eigenvalue weighted by Crippen LogP contribution is 2.07. The number of rotatable bonds is 2. The van der Waals surface area contributed by atoms with Gasteiger partial charge in [-0.2, -0.15) is 5.10 Å². The van der Waals surface area contributed by atoms with Gasteiger partial charge in [0, 0.05) is 13.1 Å². The van der Waals surface area contributed by atoms with Crippen LogP contribution in [0.25, 0.3) is 0 Å². The third-order valence-electron chi connectivity index (χ3n) is 2.69. The first-order valence-corrected chi connectivity index (χ1v) is 5.09. The van der Waals surface area contributed by atoms with Crippen molar-refractivity contribution < 1.29 is 0 Å². The SMILES string of the molecule is Cn1cnn(CC2CCCCN2)c1=O. The van der Waals surface area contributed by atoms with Gasteiger partial charge in [-0.3, -0.25) is 4.57 Å². The first kappa shape index (κ1) is 9.45. The summed E-state index contributed by atoms with van der Waals surface area (Å²) in [7, 11) is 1.72. The van der Waals surface area contributed by atoms with E-state index in [0.29, 0.717) is 12.6 Å². The van der Waals surface area contributed by atoms with E-state index in [1.54, 1.807) is 13.4 Å². The van der Waals surface area contributed by atoms with Gasteiger partial charge in [-0.25, -0.2) is 9.48 Å². The monoisotopic (exact) mass is 196 g/mol. The number of piperidine rings is 1. The Labute approximate surface area is 82.7 Å².